The van der Waals surface area contributed by atoms with Gasteiger partial charge in [0.1, 0.15) is 23.7 Å². The van der Waals surface area contributed by atoms with Crippen molar-refractivity contribution < 1.29 is 18.7 Å². The summed E-state index contributed by atoms with van der Waals surface area (Å²) in [6, 6.07) is 17.4. The van der Waals surface area contributed by atoms with Crippen molar-refractivity contribution in [3.63, 3.8) is 0 Å². The second-order valence-electron chi connectivity index (χ2n) is 8.75. The Balaban J connectivity index is 1.42. The van der Waals surface area contributed by atoms with Crippen LogP contribution in [0.15, 0.2) is 83.0 Å². The first-order valence-corrected chi connectivity index (χ1v) is 11.7. The lowest BCUT2D eigenvalue weighted by molar-refractivity contribution is -0.123. The first-order chi connectivity index (χ1) is 17.5. The van der Waals surface area contributed by atoms with E-state index in [2.05, 4.69) is 20.9 Å². The molecule has 1 aliphatic carbocycles. The molecule has 2 aliphatic rings. The van der Waals surface area contributed by atoms with Gasteiger partial charge >= 0.3 is 0 Å². The van der Waals surface area contributed by atoms with Crippen molar-refractivity contribution in [1.29, 1.82) is 0 Å². The molecule has 0 spiro atoms. The molecule has 36 heavy (non-hydrogen) atoms. The molecule has 1 heterocycles. The lowest BCUT2D eigenvalue weighted by Crippen LogP contribution is -2.41. The topological polar surface area (TPSA) is 92.1 Å². The van der Waals surface area contributed by atoms with Gasteiger partial charge in [-0.1, -0.05) is 54.6 Å². The molecular weight excluding hydrogens is 459 g/mol. The Kier molecular flexibility index (Phi) is 6.58. The van der Waals surface area contributed by atoms with E-state index in [1.807, 2.05) is 42.5 Å². The minimum absolute atomic E-state index is 0.159. The standard InChI is InChI=1S/C28H25FN4O3/c1-36-26-21(27(34)31-25(18-5-3-2-4-6-18)28(35)30-20-12-13-20)14-16-23-24(26)22(32-33-23)15-9-17-7-10-19(29)11-8-17/h2-11,14-16,20,22,25H,12-13H2,1H3,(H,30,35)(H,31,34)/b15-9+/t22?,25-/m0/s1. The summed E-state index contributed by atoms with van der Waals surface area (Å²) in [6.45, 7) is 0. The number of methoxy groups -OCH3 is 1. The number of carbonyl (C=O) groups excluding carboxylic acids is 2. The Bertz CT molecular complexity index is 1330. The maximum absolute atomic E-state index is 13.4. The number of nitrogens with one attached hydrogen (secondary N) is 2. The van der Waals surface area contributed by atoms with Crippen LogP contribution in [-0.2, 0) is 4.79 Å². The van der Waals surface area contributed by atoms with E-state index in [4.69, 9.17) is 4.74 Å². The van der Waals surface area contributed by atoms with Crippen LogP contribution in [0.5, 0.6) is 5.75 Å². The van der Waals surface area contributed by atoms with Crippen LogP contribution in [0.3, 0.4) is 0 Å². The summed E-state index contributed by atoms with van der Waals surface area (Å²) in [7, 11) is 1.49. The highest BCUT2D eigenvalue weighted by Crippen LogP contribution is 2.44. The first kappa shape index (κ1) is 23.4. The molecule has 2 N–H and O–H groups in total. The third kappa shape index (κ3) is 5.02. The highest BCUT2D eigenvalue weighted by atomic mass is 19.1. The largest absolute Gasteiger partial charge is 0.495 e. The van der Waals surface area contributed by atoms with Gasteiger partial charge in [0.05, 0.1) is 23.9 Å². The number of ether oxygens (including phenoxy) is 1. The second kappa shape index (κ2) is 10.1. The fraction of sp³-hybridized carbons (Fsp3) is 0.214. The molecule has 1 unspecified atom stereocenters. The molecule has 5 rings (SSSR count). The number of hydrogen-bond acceptors (Lipinski definition) is 5. The van der Waals surface area contributed by atoms with Gasteiger partial charge in [-0.3, -0.25) is 9.59 Å². The number of carbonyl (C=O) groups is 2. The van der Waals surface area contributed by atoms with Crippen LogP contribution in [0, 0.1) is 5.82 Å². The highest BCUT2D eigenvalue weighted by Gasteiger charge is 2.32. The van der Waals surface area contributed by atoms with Crippen LogP contribution in [0.1, 0.15) is 52.0 Å². The molecule has 2 atom stereocenters. The van der Waals surface area contributed by atoms with Gasteiger partial charge in [0.25, 0.3) is 5.91 Å². The molecule has 2 amide bonds. The smallest absolute Gasteiger partial charge is 0.255 e. The van der Waals surface area contributed by atoms with Gasteiger partial charge in [-0.15, -0.1) is 0 Å². The third-order valence-corrected chi connectivity index (χ3v) is 6.14. The molecule has 1 saturated carbocycles. The summed E-state index contributed by atoms with van der Waals surface area (Å²) in [5.41, 5.74) is 3.03. The van der Waals surface area contributed by atoms with Gasteiger partial charge in [-0.05, 0) is 48.2 Å². The number of nitrogens with zero attached hydrogens (tertiary/aromatic N) is 2. The van der Waals surface area contributed by atoms with Crippen molar-refractivity contribution >= 4 is 23.6 Å². The Morgan fingerprint density at radius 1 is 1.06 bits per heavy atom. The molecule has 8 heteroatoms. The summed E-state index contributed by atoms with van der Waals surface area (Å²) >= 11 is 0. The van der Waals surface area contributed by atoms with Crippen molar-refractivity contribution in [3.8, 4) is 5.75 Å². The minimum Gasteiger partial charge on any atom is -0.495 e. The zero-order valence-corrected chi connectivity index (χ0v) is 19.6. The van der Waals surface area contributed by atoms with Crippen molar-refractivity contribution in [2.75, 3.05) is 7.11 Å². The number of fused-ring (bicyclic) bond motifs is 1. The average Bonchev–Trinajstić information content (AvgIpc) is 3.62. The fourth-order valence-corrected chi connectivity index (χ4v) is 4.12. The third-order valence-electron chi connectivity index (χ3n) is 6.14. The zero-order valence-electron chi connectivity index (χ0n) is 19.6. The fourth-order valence-electron chi connectivity index (χ4n) is 4.12. The number of benzene rings is 3. The number of azo groups is 1. The van der Waals surface area contributed by atoms with Crippen molar-refractivity contribution in [3.05, 3.63) is 101 Å². The normalized spacial score (nSPS) is 17.0. The second-order valence-corrected chi connectivity index (χ2v) is 8.75. The molecule has 1 aliphatic heterocycles. The lowest BCUT2D eigenvalue weighted by atomic mass is 9.99. The summed E-state index contributed by atoms with van der Waals surface area (Å²) in [6.07, 6.45) is 5.53. The van der Waals surface area contributed by atoms with Crippen LogP contribution in [0.2, 0.25) is 0 Å². The van der Waals surface area contributed by atoms with Crippen LogP contribution in [0.25, 0.3) is 6.08 Å². The van der Waals surface area contributed by atoms with Crippen LogP contribution in [-0.4, -0.2) is 25.0 Å². The molecule has 0 saturated heterocycles. The maximum Gasteiger partial charge on any atom is 0.255 e. The Hall–Kier alpha value is -4.33. The maximum atomic E-state index is 13.4. The number of amides is 2. The van der Waals surface area contributed by atoms with Gasteiger partial charge in [0.2, 0.25) is 5.91 Å². The van der Waals surface area contributed by atoms with Gasteiger partial charge in [0, 0.05) is 6.04 Å². The Morgan fingerprint density at radius 3 is 2.50 bits per heavy atom. The number of halogens is 1. The van der Waals surface area contributed by atoms with Gasteiger partial charge in [0.15, 0.2) is 0 Å². The van der Waals surface area contributed by atoms with Crippen LogP contribution < -0.4 is 15.4 Å². The monoisotopic (exact) mass is 484 g/mol. The molecule has 0 radical (unpaired) electrons. The van der Waals surface area contributed by atoms with E-state index in [1.54, 1.807) is 24.3 Å². The summed E-state index contributed by atoms with van der Waals surface area (Å²) in [5, 5.41) is 14.4. The van der Waals surface area contributed by atoms with E-state index < -0.39 is 18.0 Å². The minimum atomic E-state index is -0.846. The molecule has 7 nitrogen and oxygen atoms in total. The van der Waals surface area contributed by atoms with Crippen molar-refractivity contribution in [2.45, 2.75) is 31.0 Å². The molecule has 0 bridgehead atoms. The van der Waals surface area contributed by atoms with Crippen molar-refractivity contribution in [1.82, 2.24) is 10.6 Å². The average molecular weight is 485 g/mol. The first-order valence-electron chi connectivity index (χ1n) is 11.7. The van der Waals surface area contributed by atoms with E-state index in [0.717, 1.165) is 18.4 Å². The Labute approximate surface area is 208 Å². The van der Waals surface area contributed by atoms with Crippen molar-refractivity contribution in [2.24, 2.45) is 10.2 Å². The summed E-state index contributed by atoms with van der Waals surface area (Å²) in [4.78, 5) is 26.4. The highest BCUT2D eigenvalue weighted by molar-refractivity contribution is 6.01. The lowest BCUT2D eigenvalue weighted by Gasteiger charge is -2.20. The molecule has 182 valence electrons. The predicted octanol–water partition coefficient (Wildman–Crippen LogP) is 5.44. The molecule has 3 aromatic carbocycles. The molecule has 1 fully saturated rings. The van der Waals surface area contributed by atoms with E-state index in [0.29, 0.717) is 22.6 Å². The zero-order chi connectivity index (χ0) is 25.1. The Morgan fingerprint density at radius 2 is 1.81 bits per heavy atom. The number of hydrogen-bond donors (Lipinski definition) is 2. The molecule has 0 aromatic heterocycles. The molecular formula is C28H25FN4O3. The van der Waals surface area contributed by atoms with E-state index in [-0.39, 0.29) is 23.3 Å². The van der Waals surface area contributed by atoms with Gasteiger partial charge in [-0.25, -0.2) is 4.39 Å². The molecule has 3 aromatic rings. The van der Waals surface area contributed by atoms with Crippen LogP contribution in [0.4, 0.5) is 10.1 Å². The quantitative estimate of drug-likeness (QED) is 0.446. The number of rotatable bonds is 8. The van der Waals surface area contributed by atoms with E-state index in [9.17, 15) is 14.0 Å². The van der Waals surface area contributed by atoms with Gasteiger partial charge < -0.3 is 15.4 Å². The predicted molar refractivity (Wildman–Crippen MR) is 133 cm³/mol. The summed E-state index contributed by atoms with van der Waals surface area (Å²) < 4.78 is 18.9. The van der Waals surface area contributed by atoms with E-state index >= 15 is 0 Å². The SMILES string of the molecule is COc1c(C(=O)N[C@H](C(=O)NC2CC2)c2ccccc2)ccc2c1C(/C=C/c1ccc(F)cc1)N=N2. The van der Waals surface area contributed by atoms with Crippen LogP contribution >= 0.6 is 0 Å². The van der Waals surface area contributed by atoms with Gasteiger partial charge in [-0.2, -0.15) is 10.2 Å². The van der Waals surface area contributed by atoms with E-state index in [1.165, 1.54) is 19.2 Å². The summed E-state index contributed by atoms with van der Waals surface area (Å²) in [5.74, 6) is -0.655.